The van der Waals surface area contributed by atoms with Gasteiger partial charge in [0.25, 0.3) is 0 Å². The third-order valence-electron chi connectivity index (χ3n) is 6.00. The number of aromatic nitrogens is 2. The van der Waals surface area contributed by atoms with E-state index in [1.807, 2.05) is 18.2 Å². The van der Waals surface area contributed by atoms with Crippen LogP contribution >= 0.6 is 0 Å². The SMILES string of the molecule is CS(=O)(=O)c1ccc(C(CC2CCCC2)c2cc3cc(CC=O)cnc3[nH]2)cc1. The molecule has 6 heteroatoms. The molecule has 4 rings (SSSR count). The number of aldehydes is 1. The number of H-pyrrole nitrogens is 1. The molecule has 3 aromatic rings. The van der Waals surface area contributed by atoms with Crippen molar-refractivity contribution in [3.8, 4) is 0 Å². The molecule has 2 heterocycles. The summed E-state index contributed by atoms with van der Waals surface area (Å²) in [6.07, 6.45) is 10.3. The molecule has 1 saturated carbocycles. The highest BCUT2D eigenvalue weighted by molar-refractivity contribution is 7.90. The smallest absolute Gasteiger partial charge is 0.175 e. The van der Waals surface area contributed by atoms with Gasteiger partial charge in [-0.05, 0) is 47.7 Å². The van der Waals surface area contributed by atoms with Crippen LogP contribution in [0.15, 0.2) is 47.5 Å². The normalized spacial score (nSPS) is 16.3. The number of aromatic amines is 1. The second-order valence-electron chi connectivity index (χ2n) is 8.16. The number of pyridine rings is 1. The molecule has 1 atom stereocenters. The van der Waals surface area contributed by atoms with Gasteiger partial charge < -0.3 is 9.78 Å². The van der Waals surface area contributed by atoms with E-state index in [0.29, 0.717) is 17.2 Å². The largest absolute Gasteiger partial charge is 0.343 e. The van der Waals surface area contributed by atoms with Crippen molar-refractivity contribution in [3.63, 3.8) is 0 Å². The van der Waals surface area contributed by atoms with E-state index in [2.05, 4.69) is 16.0 Å². The summed E-state index contributed by atoms with van der Waals surface area (Å²) in [5.74, 6) is 0.843. The number of carbonyl (C=O) groups is 1. The lowest BCUT2D eigenvalue weighted by molar-refractivity contribution is -0.107. The maximum absolute atomic E-state index is 11.8. The number of sulfone groups is 1. The molecule has 0 spiro atoms. The quantitative estimate of drug-likeness (QED) is 0.585. The van der Waals surface area contributed by atoms with Gasteiger partial charge in [-0.2, -0.15) is 0 Å². The molecule has 1 N–H and O–H groups in total. The molecule has 2 aromatic heterocycles. The summed E-state index contributed by atoms with van der Waals surface area (Å²) in [6, 6.07) is 11.4. The number of nitrogens with zero attached hydrogens (tertiary/aromatic N) is 1. The molecule has 1 fully saturated rings. The summed E-state index contributed by atoms with van der Waals surface area (Å²) in [4.78, 5) is 19.1. The van der Waals surface area contributed by atoms with Crippen molar-refractivity contribution in [2.75, 3.05) is 6.26 Å². The summed E-state index contributed by atoms with van der Waals surface area (Å²) in [5, 5.41) is 1.00. The van der Waals surface area contributed by atoms with Gasteiger partial charge in [0.05, 0.1) is 4.90 Å². The van der Waals surface area contributed by atoms with Crippen LogP contribution in [-0.4, -0.2) is 30.9 Å². The van der Waals surface area contributed by atoms with Crippen molar-refractivity contribution in [2.45, 2.75) is 49.3 Å². The van der Waals surface area contributed by atoms with Gasteiger partial charge in [-0.25, -0.2) is 13.4 Å². The number of hydrogen-bond donors (Lipinski definition) is 1. The Bertz CT molecular complexity index is 1110. The third kappa shape index (κ3) is 4.42. The van der Waals surface area contributed by atoms with E-state index in [9.17, 15) is 13.2 Å². The summed E-state index contributed by atoms with van der Waals surface area (Å²) in [6.45, 7) is 0. The van der Waals surface area contributed by atoms with Crippen LogP contribution in [0.1, 0.15) is 54.8 Å². The Hall–Kier alpha value is -2.47. The first-order valence-electron chi connectivity index (χ1n) is 10.2. The maximum Gasteiger partial charge on any atom is 0.175 e. The van der Waals surface area contributed by atoms with Gasteiger partial charge in [-0.3, -0.25) is 0 Å². The van der Waals surface area contributed by atoms with E-state index in [0.717, 1.165) is 40.6 Å². The zero-order valence-electron chi connectivity index (χ0n) is 16.6. The molecule has 29 heavy (non-hydrogen) atoms. The van der Waals surface area contributed by atoms with Crippen LogP contribution in [0, 0.1) is 5.92 Å². The molecule has 0 radical (unpaired) electrons. The van der Waals surface area contributed by atoms with Crippen molar-refractivity contribution in [2.24, 2.45) is 5.92 Å². The van der Waals surface area contributed by atoms with E-state index in [1.54, 1.807) is 18.3 Å². The molecule has 1 unspecified atom stereocenters. The van der Waals surface area contributed by atoms with Crippen LogP contribution in [0.4, 0.5) is 0 Å². The van der Waals surface area contributed by atoms with Crippen LogP contribution in [0.5, 0.6) is 0 Å². The lowest BCUT2D eigenvalue weighted by atomic mass is 9.85. The van der Waals surface area contributed by atoms with Crippen molar-refractivity contribution >= 4 is 27.2 Å². The van der Waals surface area contributed by atoms with Crippen molar-refractivity contribution in [1.29, 1.82) is 0 Å². The van der Waals surface area contributed by atoms with E-state index in [4.69, 9.17) is 0 Å². The first kappa shape index (κ1) is 19.8. The summed E-state index contributed by atoms with van der Waals surface area (Å²) in [7, 11) is -3.21. The number of benzene rings is 1. The zero-order valence-corrected chi connectivity index (χ0v) is 17.4. The van der Waals surface area contributed by atoms with Crippen LogP contribution < -0.4 is 0 Å². The fraction of sp³-hybridized carbons (Fsp3) is 0.391. The van der Waals surface area contributed by atoms with E-state index in [-0.39, 0.29) is 5.92 Å². The van der Waals surface area contributed by atoms with Crippen LogP contribution in [0.3, 0.4) is 0 Å². The molecular weight excluding hydrogens is 384 g/mol. The summed E-state index contributed by atoms with van der Waals surface area (Å²) < 4.78 is 23.7. The lowest BCUT2D eigenvalue weighted by Crippen LogP contribution is -2.08. The number of hydrogen-bond acceptors (Lipinski definition) is 4. The fourth-order valence-corrected chi connectivity index (χ4v) is 5.08. The predicted molar refractivity (Wildman–Crippen MR) is 114 cm³/mol. The standard InChI is InChI=1S/C23H26N2O3S/c1-29(27,28)20-8-6-18(7-9-20)21(13-16-4-2-3-5-16)22-14-19-12-17(10-11-26)15-24-23(19)25-22/h6-9,11-12,14-16,21H,2-5,10,13H2,1H3,(H,24,25). The molecule has 0 amide bonds. The van der Waals surface area contributed by atoms with E-state index < -0.39 is 9.84 Å². The van der Waals surface area contributed by atoms with Gasteiger partial charge in [0.1, 0.15) is 11.9 Å². The minimum absolute atomic E-state index is 0.162. The second-order valence-corrected chi connectivity index (χ2v) is 10.2. The van der Waals surface area contributed by atoms with Gasteiger partial charge in [0.15, 0.2) is 9.84 Å². The van der Waals surface area contributed by atoms with Crippen molar-refractivity contribution < 1.29 is 13.2 Å². The summed E-state index contributed by atoms with van der Waals surface area (Å²) >= 11 is 0. The fourth-order valence-electron chi connectivity index (χ4n) is 4.45. The average molecular weight is 411 g/mol. The van der Waals surface area contributed by atoms with Gasteiger partial charge in [-0.15, -0.1) is 0 Å². The number of fused-ring (bicyclic) bond motifs is 1. The van der Waals surface area contributed by atoms with Crippen LogP contribution in [0.25, 0.3) is 11.0 Å². The zero-order chi connectivity index (χ0) is 20.4. The highest BCUT2D eigenvalue weighted by Gasteiger charge is 2.24. The number of carbonyl (C=O) groups excluding carboxylic acids is 1. The number of rotatable bonds is 7. The molecule has 1 aliphatic carbocycles. The molecule has 1 aromatic carbocycles. The Morgan fingerprint density at radius 1 is 1.17 bits per heavy atom. The molecular formula is C23H26N2O3S. The molecule has 152 valence electrons. The topological polar surface area (TPSA) is 79.9 Å². The molecule has 0 aliphatic heterocycles. The Morgan fingerprint density at radius 2 is 1.90 bits per heavy atom. The van der Waals surface area contributed by atoms with Crippen LogP contribution in [0.2, 0.25) is 0 Å². The highest BCUT2D eigenvalue weighted by Crippen LogP contribution is 2.38. The third-order valence-corrected chi connectivity index (χ3v) is 7.12. The average Bonchev–Trinajstić information content (AvgIpc) is 3.35. The Labute approximate surface area is 171 Å². The van der Waals surface area contributed by atoms with Gasteiger partial charge in [-0.1, -0.05) is 37.8 Å². The molecule has 1 aliphatic rings. The van der Waals surface area contributed by atoms with Crippen LogP contribution in [-0.2, 0) is 21.1 Å². The Balaban J connectivity index is 1.71. The van der Waals surface area contributed by atoms with Gasteiger partial charge in [0.2, 0.25) is 0 Å². The van der Waals surface area contributed by atoms with Gasteiger partial charge >= 0.3 is 0 Å². The Morgan fingerprint density at radius 3 is 2.55 bits per heavy atom. The van der Waals surface area contributed by atoms with Gasteiger partial charge in [0, 0.05) is 35.9 Å². The van der Waals surface area contributed by atoms with Crippen molar-refractivity contribution in [3.05, 3.63) is 59.4 Å². The minimum atomic E-state index is -3.21. The van der Waals surface area contributed by atoms with Crippen molar-refractivity contribution in [1.82, 2.24) is 9.97 Å². The monoisotopic (exact) mass is 410 g/mol. The first-order valence-corrected chi connectivity index (χ1v) is 12.0. The molecule has 0 saturated heterocycles. The highest BCUT2D eigenvalue weighted by atomic mass is 32.2. The summed E-state index contributed by atoms with van der Waals surface area (Å²) in [5.41, 5.74) is 3.93. The second kappa shape index (κ2) is 8.11. The maximum atomic E-state index is 11.8. The van der Waals surface area contributed by atoms with E-state index in [1.165, 1.54) is 31.9 Å². The Kier molecular flexibility index (Phi) is 5.54. The first-order chi connectivity index (χ1) is 13.9. The molecule has 0 bridgehead atoms. The number of nitrogens with one attached hydrogen (secondary N) is 1. The lowest BCUT2D eigenvalue weighted by Gasteiger charge is -2.20. The van der Waals surface area contributed by atoms with E-state index >= 15 is 0 Å². The minimum Gasteiger partial charge on any atom is -0.343 e. The predicted octanol–water partition coefficient (Wildman–Crippen LogP) is 4.42. The molecule has 5 nitrogen and oxygen atoms in total.